The zero-order valence-electron chi connectivity index (χ0n) is 8.18. The lowest BCUT2D eigenvalue weighted by Crippen LogP contribution is -2.43. The highest BCUT2D eigenvalue weighted by atomic mass is 16.5. The van der Waals surface area contributed by atoms with Gasteiger partial charge in [0, 0.05) is 7.05 Å². The molecule has 0 heterocycles. The van der Waals surface area contributed by atoms with Gasteiger partial charge < -0.3 is 15.8 Å². The van der Waals surface area contributed by atoms with Gasteiger partial charge in [0.2, 0.25) is 5.91 Å². The molecular weight excluding hydrogens is 156 g/mol. The van der Waals surface area contributed by atoms with Gasteiger partial charge in [-0.2, -0.15) is 0 Å². The summed E-state index contributed by atoms with van der Waals surface area (Å²) in [5, 5.41) is 2.46. The van der Waals surface area contributed by atoms with Crippen LogP contribution in [0, 0.1) is 0 Å². The molecule has 0 aromatic rings. The first-order chi connectivity index (χ1) is 5.37. The predicted octanol–water partition coefficient (Wildman–Crippen LogP) is -0.125. The van der Waals surface area contributed by atoms with Crippen molar-refractivity contribution in [1.82, 2.24) is 5.32 Å². The van der Waals surface area contributed by atoms with E-state index in [1.165, 1.54) is 0 Å². The normalized spacial score (nSPS) is 14.1. The van der Waals surface area contributed by atoms with E-state index in [1.54, 1.807) is 7.05 Å². The SMILES string of the molecule is CNC(=O)[C@H](N)COC(C)(C)C. The lowest BCUT2D eigenvalue weighted by Gasteiger charge is -2.21. The fourth-order valence-electron chi connectivity index (χ4n) is 0.601. The standard InChI is InChI=1S/C8H18N2O2/c1-8(2,3)12-5-6(9)7(11)10-4/h6H,5,9H2,1-4H3,(H,10,11)/t6-/m1/s1. The molecule has 12 heavy (non-hydrogen) atoms. The number of hydrogen-bond donors (Lipinski definition) is 2. The molecule has 0 bridgehead atoms. The van der Waals surface area contributed by atoms with Crippen molar-refractivity contribution in [3.05, 3.63) is 0 Å². The van der Waals surface area contributed by atoms with E-state index in [0.29, 0.717) is 0 Å². The Labute approximate surface area is 73.5 Å². The Morgan fingerprint density at radius 2 is 2.08 bits per heavy atom. The van der Waals surface area contributed by atoms with Gasteiger partial charge in [-0.25, -0.2) is 0 Å². The number of rotatable bonds is 3. The summed E-state index contributed by atoms with van der Waals surface area (Å²) in [6, 6.07) is -0.575. The second kappa shape index (κ2) is 4.42. The molecule has 0 radical (unpaired) electrons. The molecule has 3 N–H and O–H groups in total. The van der Waals surface area contributed by atoms with Gasteiger partial charge >= 0.3 is 0 Å². The molecule has 0 fully saturated rings. The van der Waals surface area contributed by atoms with Crippen LogP contribution < -0.4 is 11.1 Å². The third kappa shape index (κ3) is 5.09. The van der Waals surface area contributed by atoms with Crippen LogP contribution in [0.25, 0.3) is 0 Å². The molecule has 0 rings (SSSR count). The van der Waals surface area contributed by atoms with Crippen LogP contribution in [0.15, 0.2) is 0 Å². The van der Waals surface area contributed by atoms with Gasteiger partial charge in [-0.1, -0.05) is 0 Å². The minimum atomic E-state index is -0.575. The molecule has 0 saturated heterocycles. The molecule has 0 aliphatic rings. The highest BCUT2D eigenvalue weighted by molar-refractivity contribution is 5.81. The molecule has 0 aliphatic heterocycles. The van der Waals surface area contributed by atoms with Gasteiger partial charge in [0.05, 0.1) is 12.2 Å². The molecule has 0 unspecified atom stereocenters. The van der Waals surface area contributed by atoms with Crippen LogP contribution in [0.2, 0.25) is 0 Å². The minimum absolute atomic E-state index is 0.195. The first-order valence-electron chi connectivity index (χ1n) is 3.98. The van der Waals surface area contributed by atoms with Crippen LogP contribution in [-0.4, -0.2) is 31.2 Å². The number of nitrogens with two attached hydrogens (primary N) is 1. The molecular formula is C8H18N2O2. The van der Waals surface area contributed by atoms with Gasteiger partial charge in [0.15, 0.2) is 0 Å². The fraction of sp³-hybridized carbons (Fsp3) is 0.875. The quantitative estimate of drug-likeness (QED) is 0.626. The summed E-state index contributed by atoms with van der Waals surface area (Å²) < 4.78 is 5.33. The van der Waals surface area contributed by atoms with E-state index in [-0.39, 0.29) is 18.1 Å². The first-order valence-corrected chi connectivity index (χ1v) is 3.98. The lowest BCUT2D eigenvalue weighted by molar-refractivity contribution is -0.124. The number of nitrogens with one attached hydrogen (secondary N) is 1. The van der Waals surface area contributed by atoms with Gasteiger partial charge in [-0.3, -0.25) is 4.79 Å². The van der Waals surface area contributed by atoms with Gasteiger partial charge in [0.25, 0.3) is 0 Å². The van der Waals surface area contributed by atoms with E-state index in [4.69, 9.17) is 10.5 Å². The van der Waals surface area contributed by atoms with Gasteiger partial charge in [0.1, 0.15) is 6.04 Å². The van der Waals surface area contributed by atoms with Crippen molar-refractivity contribution >= 4 is 5.91 Å². The van der Waals surface area contributed by atoms with E-state index in [9.17, 15) is 4.79 Å². The molecule has 4 nitrogen and oxygen atoms in total. The summed E-state index contributed by atoms with van der Waals surface area (Å²) in [6.07, 6.45) is 0. The van der Waals surface area contributed by atoms with E-state index in [2.05, 4.69) is 5.32 Å². The number of hydrogen-bond acceptors (Lipinski definition) is 3. The Morgan fingerprint density at radius 3 is 2.42 bits per heavy atom. The van der Waals surface area contributed by atoms with Crippen molar-refractivity contribution in [2.75, 3.05) is 13.7 Å². The molecule has 0 aromatic heterocycles. The van der Waals surface area contributed by atoms with Crippen LogP contribution in [0.5, 0.6) is 0 Å². The van der Waals surface area contributed by atoms with Crippen LogP contribution in [0.4, 0.5) is 0 Å². The summed E-state index contributed by atoms with van der Waals surface area (Å²) in [5.41, 5.74) is 5.25. The average Bonchev–Trinajstić information content (AvgIpc) is 1.97. The molecule has 0 saturated carbocycles. The third-order valence-electron chi connectivity index (χ3n) is 1.28. The fourth-order valence-corrected chi connectivity index (χ4v) is 0.601. The smallest absolute Gasteiger partial charge is 0.239 e. The first kappa shape index (κ1) is 11.4. The molecule has 1 amide bonds. The van der Waals surface area contributed by atoms with Crippen LogP contribution >= 0.6 is 0 Å². The zero-order chi connectivity index (χ0) is 9.78. The summed E-state index contributed by atoms with van der Waals surface area (Å²) in [7, 11) is 1.55. The van der Waals surface area contributed by atoms with Crippen LogP contribution in [0.3, 0.4) is 0 Å². The Balaban J connectivity index is 3.72. The Hall–Kier alpha value is -0.610. The molecule has 72 valence electrons. The minimum Gasteiger partial charge on any atom is -0.374 e. The number of ether oxygens (including phenoxy) is 1. The Bertz CT molecular complexity index is 152. The lowest BCUT2D eigenvalue weighted by atomic mass is 10.2. The molecule has 0 aliphatic carbocycles. The maximum absolute atomic E-state index is 10.9. The number of carbonyl (C=O) groups is 1. The highest BCUT2D eigenvalue weighted by Gasteiger charge is 2.16. The second-order valence-corrected chi connectivity index (χ2v) is 3.64. The van der Waals surface area contributed by atoms with Crippen molar-refractivity contribution in [3.63, 3.8) is 0 Å². The van der Waals surface area contributed by atoms with Crippen LogP contribution in [-0.2, 0) is 9.53 Å². The number of carbonyl (C=O) groups excluding carboxylic acids is 1. The molecule has 1 atom stereocenters. The maximum Gasteiger partial charge on any atom is 0.239 e. The summed E-state index contributed by atoms with van der Waals surface area (Å²) >= 11 is 0. The van der Waals surface area contributed by atoms with Gasteiger partial charge in [-0.05, 0) is 20.8 Å². The third-order valence-corrected chi connectivity index (χ3v) is 1.28. The number of likely N-dealkylation sites (N-methyl/N-ethyl adjacent to an activating group) is 1. The molecule has 0 aromatic carbocycles. The second-order valence-electron chi connectivity index (χ2n) is 3.64. The largest absolute Gasteiger partial charge is 0.374 e. The van der Waals surface area contributed by atoms with Gasteiger partial charge in [-0.15, -0.1) is 0 Å². The number of amides is 1. The predicted molar refractivity (Wildman–Crippen MR) is 47.7 cm³/mol. The highest BCUT2D eigenvalue weighted by Crippen LogP contribution is 2.06. The van der Waals surface area contributed by atoms with Crippen molar-refractivity contribution in [2.45, 2.75) is 32.4 Å². The van der Waals surface area contributed by atoms with Crippen molar-refractivity contribution in [2.24, 2.45) is 5.73 Å². The van der Waals surface area contributed by atoms with E-state index >= 15 is 0 Å². The van der Waals surface area contributed by atoms with E-state index in [1.807, 2.05) is 20.8 Å². The summed E-state index contributed by atoms with van der Waals surface area (Å²) in [6.45, 7) is 6.01. The van der Waals surface area contributed by atoms with Crippen LogP contribution in [0.1, 0.15) is 20.8 Å². The van der Waals surface area contributed by atoms with Crippen molar-refractivity contribution in [3.8, 4) is 0 Å². The zero-order valence-corrected chi connectivity index (χ0v) is 8.18. The maximum atomic E-state index is 10.9. The average molecular weight is 174 g/mol. The van der Waals surface area contributed by atoms with Crippen molar-refractivity contribution < 1.29 is 9.53 Å². The Morgan fingerprint density at radius 1 is 1.58 bits per heavy atom. The molecule has 4 heteroatoms. The summed E-state index contributed by atoms with van der Waals surface area (Å²) in [4.78, 5) is 10.9. The Kier molecular flexibility index (Phi) is 4.20. The van der Waals surface area contributed by atoms with Crippen molar-refractivity contribution in [1.29, 1.82) is 0 Å². The topological polar surface area (TPSA) is 64.4 Å². The summed E-state index contributed by atoms with van der Waals surface area (Å²) in [5.74, 6) is -0.195. The van der Waals surface area contributed by atoms with E-state index < -0.39 is 6.04 Å². The monoisotopic (exact) mass is 174 g/mol. The molecule has 0 spiro atoms. The van der Waals surface area contributed by atoms with E-state index in [0.717, 1.165) is 0 Å².